The van der Waals surface area contributed by atoms with Gasteiger partial charge in [-0.15, -0.1) is 0 Å². The minimum absolute atomic E-state index is 0.218. The number of ether oxygens (including phenoxy) is 3. The lowest BCUT2D eigenvalue weighted by molar-refractivity contribution is -0.122. The Labute approximate surface area is 213 Å². The van der Waals surface area contributed by atoms with Gasteiger partial charge in [0.25, 0.3) is 11.8 Å². The molecule has 1 N–H and O–H groups in total. The molecule has 4 amide bonds. The van der Waals surface area contributed by atoms with Crippen LogP contribution in [0, 0.1) is 0 Å². The number of carbonyl (C=O) groups is 3. The zero-order valence-corrected chi connectivity index (χ0v) is 20.4. The lowest BCUT2D eigenvalue weighted by Crippen LogP contribution is -2.54. The predicted molar refractivity (Wildman–Crippen MR) is 135 cm³/mol. The van der Waals surface area contributed by atoms with Crippen LogP contribution in [0.3, 0.4) is 0 Å². The van der Waals surface area contributed by atoms with Gasteiger partial charge in [-0.05, 0) is 67.1 Å². The van der Waals surface area contributed by atoms with Crippen molar-refractivity contribution in [1.82, 2.24) is 5.32 Å². The van der Waals surface area contributed by atoms with E-state index >= 15 is 0 Å². The van der Waals surface area contributed by atoms with Gasteiger partial charge in [0.2, 0.25) is 0 Å². The standard InChI is InChI=1S/C27H23ClN2O6/c1-3-35-21-12-9-20(10-13-21)30-26(32)23(25(31)29-27(30)33)14-18-6-11-22(34-2)15-24(18)36-16-17-4-7-19(28)8-5-17/h4-15H,3,16H2,1-2H3,(H,29,31,33)/b23-14+. The molecule has 36 heavy (non-hydrogen) atoms. The lowest BCUT2D eigenvalue weighted by atomic mass is 10.1. The second kappa shape index (κ2) is 11.0. The van der Waals surface area contributed by atoms with E-state index in [2.05, 4.69) is 5.32 Å². The normalized spacial score (nSPS) is 14.6. The van der Waals surface area contributed by atoms with Gasteiger partial charge in [-0.2, -0.15) is 0 Å². The highest BCUT2D eigenvalue weighted by molar-refractivity contribution is 6.39. The van der Waals surface area contributed by atoms with E-state index in [4.69, 9.17) is 25.8 Å². The Morgan fingerprint density at radius 1 is 0.917 bits per heavy atom. The fraction of sp³-hybridized carbons (Fsp3) is 0.148. The van der Waals surface area contributed by atoms with Crippen molar-refractivity contribution in [2.75, 3.05) is 18.6 Å². The molecule has 0 saturated carbocycles. The Bertz CT molecular complexity index is 1320. The number of barbiturate groups is 1. The van der Waals surface area contributed by atoms with Gasteiger partial charge in [-0.25, -0.2) is 9.69 Å². The number of hydrogen-bond acceptors (Lipinski definition) is 6. The topological polar surface area (TPSA) is 94.2 Å². The molecule has 1 heterocycles. The van der Waals surface area contributed by atoms with Gasteiger partial charge in [0.15, 0.2) is 0 Å². The molecule has 1 saturated heterocycles. The van der Waals surface area contributed by atoms with Crippen molar-refractivity contribution in [2.45, 2.75) is 13.5 Å². The third kappa shape index (κ3) is 5.50. The number of rotatable bonds is 8. The number of anilines is 1. The summed E-state index contributed by atoms with van der Waals surface area (Å²) in [6.45, 7) is 2.55. The molecule has 0 spiro atoms. The highest BCUT2D eigenvalue weighted by Crippen LogP contribution is 2.30. The molecule has 1 aliphatic heterocycles. The Morgan fingerprint density at radius 2 is 1.61 bits per heavy atom. The van der Waals surface area contributed by atoms with Crippen LogP contribution < -0.4 is 24.4 Å². The molecule has 184 valence electrons. The number of urea groups is 1. The first kappa shape index (κ1) is 24.8. The van der Waals surface area contributed by atoms with E-state index in [1.165, 1.54) is 13.2 Å². The van der Waals surface area contributed by atoms with Crippen LogP contribution in [-0.4, -0.2) is 31.6 Å². The molecule has 0 radical (unpaired) electrons. The zero-order valence-electron chi connectivity index (χ0n) is 19.6. The van der Waals surface area contributed by atoms with Crippen LogP contribution in [0.2, 0.25) is 5.02 Å². The number of methoxy groups -OCH3 is 1. The summed E-state index contributed by atoms with van der Waals surface area (Å²) in [5.74, 6) is -0.0338. The van der Waals surface area contributed by atoms with Gasteiger partial charge in [0.1, 0.15) is 29.4 Å². The number of benzene rings is 3. The second-order valence-corrected chi connectivity index (χ2v) is 8.14. The third-order valence-electron chi connectivity index (χ3n) is 5.34. The van der Waals surface area contributed by atoms with E-state index in [1.54, 1.807) is 54.6 Å². The van der Waals surface area contributed by atoms with Crippen LogP contribution in [0.15, 0.2) is 72.3 Å². The summed E-state index contributed by atoms with van der Waals surface area (Å²) >= 11 is 5.95. The maximum absolute atomic E-state index is 13.3. The van der Waals surface area contributed by atoms with Gasteiger partial charge >= 0.3 is 6.03 Å². The van der Waals surface area contributed by atoms with Gasteiger partial charge < -0.3 is 14.2 Å². The van der Waals surface area contributed by atoms with Crippen LogP contribution in [0.5, 0.6) is 17.2 Å². The number of amides is 4. The molecule has 9 heteroatoms. The van der Waals surface area contributed by atoms with Crippen molar-refractivity contribution in [3.8, 4) is 17.2 Å². The SMILES string of the molecule is CCOc1ccc(N2C(=O)NC(=O)/C(=C\c3ccc(OC)cc3OCc3ccc(Cl)cc3)C2=O)cc1. The van der Waals surface area contributed by atoms with Crippen molar-refractivity contribution in [3.05, 3.63) is 88.5 Å². The molecular weight excluding hydrogens is 484 g/mol. The molecule has 0 unspecified atom stereocenters. The monoisotopic (exact) mass is 506 g/mol. The van der Waals surface area contributed by atoms with Crippen LogP contribution in [0.1, 0.15) is 18.1 Å². The van der Waals surface area contributed by atoms with E-state index in [-0.39, 0.29) is 12.2 Å². The molecule has 0 aromatic heterocycles. The number of halogens is 1. The van der Waals surface area contributed by atoms with Crippen molar-refractivity contribution in [3.63, 3.8) is 0 Å². The van der Waals surface area contributed by atoms with E-state index in [0.29, 0.717) is 40.1 Å². The Morgan fingerprint density at radius 3 is 2.28 bits per heavy atom. The third-order valence-corrected chi connectivity index (χ3v) is 5.59. The van der Waals surface area contributed by atoms with Gasteiger partial charge in [0.05, 0.1) is 19.4 Å². The van der Waals surface area contributed by atoms with Crippen LogP contribution >= 0.6 is 11.6 Å². The first-order valence-corrected chi connectivity index (χ1v) is 11.5. The second-order valence-electron chi connectivity index (χ2n) is 7.70. The van der Waals surface area contributed by atoms with Crippen LogP contribution in [0.4, 0.5) is 10.5 Å². The van der Waals surface area contributed by atoms with E-state index in [1.807, 2.05) is 19.1 Å². The maximum atomic E-state index is 13.3. The summed E-state index contributed by atoms with van der Waals surface area (Å²) in [6, 6.07) is 17.8. The van der Waals surface area contributed by atoms with Crippen LogP contribution in [0.25, 0.3) is 6.08 Å². The maximum Gasteiger partial charge on any atom is 0.335 e. The summed E-state index contributed by atoms with van der Waals surface area (Å²) in [7, 11) is 1.52. The lowest BCUT2D eigenvalue weighted by Gasteiger charge is -2.26. The molecule has 8 nitrogen and oxygen atoms in total. The predicted octanol–water partition coefficient (Wildman–Crippen LogP) is 4.99. The van der Waals surface area contributed by atoms with E-state index in [9.17, 15) is 14.4 Å². The highest BCUT2D eigenvalue weighted by atomic mass is 35.5. The van der Waals surface area contributed by atoms with Gasteiger partial charge in [-0.1, -0.05) is 23.7 Å². The van der Waals surface area contributed by atoms with E-state index in [0.717, 1.165) is 10.5 Å². The largest absolute Gasteiger partial charge is 0.497 e. The van der Waals surface area contributed by atoms with Crippen molar-refractivity contribution in [2.24, 2.45) is 0 Å². The fourth-order valence-corrected chi connectivity index (χ4v) is 3.66. The quantitative estimate of drug-likeness (QED) is 0.341. The Kier molecular flexibility index (Phi) is 7.56. The molecular formula is C27H23ClN2O6. The number of carbonyl (C=O) groups excluding carboxylic acids is 3. The summed E-state index contributed by atoms with van der Waals surface area (Å²) in [4.78, 5) is 39.3. The van der Waals surface area contributed by atoms with Crippen molar-refractivity contribution >= 4 is 41.2 Å². The zero-order chi connectivity index (χ0) is 25.7. The number of nitrogens with one attached hydrogen (secondary N) is 1. The minimum Gasteiger partial charge on any atom is -0.497 e. The Balaban J connectivity index is 1.65. The molecule has 3 aromatic carbocycles. The number of nitrogens with zero attached hydrogens (tertiary/aromatic N) is 1. The summed E-state index contributed by atoms with van der Waals surface area (Å²) in [5.41, 5.74) is 1.42. The molecule has 0 atom stereocenters. The van der Waals surface area contributed by atoms with Gasteiger partial charge in [0, 0.05) is 16.7 Å². The van der Waals surface area contributed by atoms with E-state index < -0.39 is 17.8 Å². The van der Waals surface area contributed by atoms with Crippen LogP contribution in [-0.2, 0) is 16.2 Å². The number of imide groups is 2. The summed E-state index contributed by atoms with van der Waals surface area (Å²) < 4.78 is 16.7. The summed E-state index contributed by atoms with van der Waals surface area (Å²) in [6.07, 6.45) is 1.39. The molecule has 0 aliphatic carbocycles. The minimum atomic E-state index is -0.833. The average Bonchev–Trinajstić information content (AvgIpc) is 2.87. The van der Waals surface area contributed by atoms with Gasteiger partial charge in [-0.3, -0.25) is 14.9 Å². The molecule has 1 aliphatic rings. The number of hydrogen-bond donors (Lipinski definition) is 1. The smallest absolute Gasteiger partial charge is 0.335 e. The Hall–Kier alpha value is -4.30. The average molecular weight is 507 g/mol. The molecule has 3 aromatic rings. The fourth-order valence-electron chi connectivity index (χ4n) is 3.53. The van der Waals surface area contributed by atoms with Crippen molar-refractivity contribution in [1.29, 1.82) is 0 Å². The molecule has 1 fully saturated rings. The highest BCUT2D eigenvalue weighted by Gasteiger charge is 2.37. The first-order valence-electron chi connectivity index (χ1n) is 11.1. The van der Waals surface area contributed by atoms with Crippen molar-refractivity contribution < 1.29 is 28.6 Å². The molecule has 0 bridgehead atoms. The summed E-state index contributed by atoms with van der Waals surface area (Å²) in [5, 5.41) is 2.83. The first-order chi connectivity index (χ1) is 17.4. The molecule has 4 rings (SSSR count).